The van der Waals surface area contributed by atoms with Gasteiger partial charge in [0, 0.05) is 11.7 Å². The zero-order chi connectivity index (χ0) is 9.97. The van der Waals surface area contributed by atoms with Crippen LogP contribution in [0, 0.1) is 5.82 Å². The number of hydrogen-bond donors (Lipinski definition) is 2. The van der Waals surface area contributed by atoms with E-state index in [4.69, 9.17) is 5.73 Å². The monoisotopic (exact) mass is 194 g/mol. The van der Waals surface area contributed by atoms with Gasteiger partial charge in [-0.05, 0) is 43.5 Å². The third kappa shape index (κ3) is 1.87. The molecular formula is C11H15FN2. The van der Waals surface area contributed by atoms with E-state index in [2.05, 4.69) is 5.32 Å². The lowest BCUT2D eigenvalue weighted by molar-refractivity contribution is 0.586. The molecule has 0 aromatic heterocycles. The van der Waals surface area contributed by atoms with E-state index in [9.17, 15) is 4.39 Å². The van der Waals surface area contributed by atoms with Crippen molar-refractivity contribution in [3.05, 3.63) is 29.6 Å². The van der Waals surface area contributed by atoms with Crippen LogP contribution in [0.2, 0.25) is 0 Å². The highest BCUT2D eigenvalue weighted by Crippen LogP contribution is 2.26. The fourth-order valence-corrected chi connectivity index (χ4v) is 1.94. The van der Waals surface area contributed by atoms with Gasteiger partial charge in [-0.1, -0.05) is 6.07 Å². The summed E-state index contributed by atoms with van der Waals surface area (Å²) in [7, 11) is 0. The summed E-state index contributed by atoms with van der Waals surface area (Å²) in [5.41, 5.74) is 7.64. The Morgan fingerprint density at radius 3 is 3.14 bits per heavy atom. The maximum absolute atomic E-state index is 12.9. The molecule has 0 aliphatic carbocycles. The Balaban J connectivity index is 2.16. The lowest BCUT2D eigenvalue weighted by Crippen LogP contribution is -2.27. The highest BCUT2D eigenvalue weighted by molar-refractivity contribution is 5.54. The topological polar surface area (TPSA) is 38.0 Å². The first-order chi connectivity index (χ1) is 6.79. The smallest absolute Gasteiger partial charge is 0.125 e. The fourth-order valence-electron chi connectivity index (χ4n) is 1.94. The van der Waals surface area contributed by atoms with Crippen LogP contribution in [0.1, 0.15) is 18.4 Å². The van der Waals surface area contributed by atoms with Crippen molar-refractivity contribution in [2.45, 2.75) is 25.3 Å². The molecule has 1 heterocycles. The van der Waals surface area contributed by atoms with E-state index < -0.39 is 0 Å². The summed E-state index contributed by atoms with van der Waals surface area (Å²) >= 11 is 0. The highest BCUT2D eigenvalue weighted by atomic mass is 19.1. The van der Waals surface area contributed by atoms with E-state index in [0.29, 0.717) is 12.6 Å². The van der Waals surface area contributed by atoms with Crippen LogP contribution in [-0.4, -0.2) is 12.6 Å². The van der Waals surface area contributed by atoms with E-state index in [1.807, 2.05) is 6.07 Å². The predicted octanol–water partition coefficient (Wildman–Crippen LogP) is 1.90. The molecule has 0 saturated heterocycles. The molecule has 0 bridgehead atoms. The van der Waals surface area contributed by atoms with Gasteiger partial charge in [0.25, 0.3) is 0 Å². The molecule has 0 saturated carbocycles. The third-order valence-electron chi connectivity index (χ3n) is 2.71. The SMILES string of the molecule is NCCC1CCc2ccc(F)cc2N1. The molecule has 1 aliphatic rings. The summed E-state index contributed by atoms with van der Waals surface area (Å²) in [4.78, 5) is 0. The van der Waals surface area contributed by atoms with Gasteiger partial charge in [-0.3, -0.25) is 0 Å². The highest BCUT2D eigenvalue weighted by Gasteiger charge is 2.16. The zero-order valence-corrected chi connectivity index (χ0v) is 8.09. The van der Waals surface area contributed by atoms with Gasteiger partial charge in [-0.15, -0.1) is 0 Å². The first-order valence-electron chi connectivity index (χ1n) is 5.04. The Morgan fingerprint density at radius 1 is 1.50 bits per heavy atom. The number of rotatable bonds is 2. The summed E-state index contributed by atoms with van der Waals surface area (Å²) in [5, 5.41) is 3.32. The standard InChI is InChI=1S/C11H15FN2/c12-9-3-1-8-2-4-10(5-6-13)14-11(8)7-9/h1,3,7,10,14H,2,4-6,13H2. The molecule has 14 heavy (non-hydrogen) atoms. The second-order valence-electron chi connectivity index (χ2n) is 3.76. The van der Waals surface area contributed by atoms with Crippen molar-refractivity contribution in [3.8, 4) is 0 Å². The van der Waals surface area contributed by atoms with Gasteiger partial charge in [-0.2, -0.15) is 0 Å². The lowest BCUT2D eigenvalue weighted by atomic mass is 9.96. The Bertz CT molecular complexity index is 325. The number of nitrogens with two attached hydrogens (primary N) is 1. The summed E-state index contributed by atoms with van der Waals surface area (Å²) in [5.74, 6) is -0.176. The van der Waals surface area contributed by atoms with Crippen LogP contribution in [0.3, 0.4) is 0 Å². The zero-order valence-electron chi connectivity index (χ0n) is 8.09. The number of nitrogens with one attached hydrogen (secondary N) is 1. The van der Waals surface area contributed by atoms with Gasteiger partial charge in [0.2, 0.25) is 0 Å². The molecule has 1 atom stereocenters. The summed E-state index contributed by atoms with van der Waals surface area (Å²) in [6.45, 7) is 0.683. The molecule has 3 heteroatoms. The molecule has 1 unspecified atom stereocenters. The Hall–Kier alpha value is -1.09. The lowest BCUT2D eigenvalue weighted by Gasteiger charge is -2.26. The third-order valence-corrected chi connectivity index (χ3v) is 2.71. The van der Waals surface area contributed by atoms with Crippen molar-refractivity contribution >= 4 is 5.69 Å². The van der Waals surface area contributed by atoms with E-state index in [-0.39, 0.29) is 5.82 Å². The Morgan fingerprint density at radius 2 is 2.36 bits per heavy atom. The molecule has 2 nitrogen and oxygen atoms in total. The molecule has 0 spiro atoms. The van der Waals surface area contributed by atoms with Gasteiger partial charge in [0.1, 0.15) is 5.82 Å². The van der Waals surface area contributed by atoms with Crippen LogP contribution in [0.5, 0.6) is 0 Å². The van der Waals surface area contributed by atoms with Crippen LogP contribution < -0.4 is 11.1 Å². The van der Waals surface area contributed by atoms with Crippen LogP contribution in [-0.2, 0) is 6.42 Å². The molecular weight excluding hydrogens is 179 g/mol. The maximum atomic E-state index is 12.9. The molecule has 2 rings (SSSR count). The summed E-state index contributed by atoms with van der Waals surface area (Å²) in [6, 6.07) is 5.35. The van der Waals surface area contributed by atoms with Crippen molar-refractivity contribution in [2.24, 2.45) is 5.73 Å². The molecule has 3 N–H and O–H groups in total. The predicted molar refractivity (Wildman–Crippen MR) is 55.8 cm³/mol. The molecule has 0 fully saturated rings. The number of hydrogen-bond acceptors (Lipinski definition) is 2. The van der Waals surface area contributed by atoms with Crippen molar-refractivity contribution in [3.63, 3.8) is 0 Å². The van der Waals surface area contributed by atoms with Crippen molar-refractivity contribution in [1.82, 2.24) is 0 Å². The number of aryl methyl sites for hydroxylation is 1. The summed E-state index contributed by atoms with van der Waals surface area (Å²) < 4.78 is 12.9. The second-order valence-corrected chi connectivity index (χ2v) is 3.76. The van der Waals surface area contributed by atoms with E-state index >= 15 is 0 Å². The van der Waals surface area contributed by atoms with Crippen LogP contribution in [0.15, 0.2) is 18.2 Å². The molecule has 0 amide bonds. The molecule has 76 valence electrons. The average molecular weight is 194 g/mol. The van der Waals surface area contributed by atoms with Crippen LogP contribution >= 0.6 is 0 Å². The largest absolute Gasteiger partial charge is 0.382 e. The first kappa shape index (κ1) is 9.46. The quantitative estimate of drug-likeness (QED) is 0.754. The first-order valence-corrected chi connectivity index (χ1v) is 5.04. The molecule has 0 radical (unpaired) electrons. The number of benzene rings is 1. The van der Waals surface area contributed by atoms with E-state index in [1.54, 1.807) is 6.07 Å². The van der Waals surface area contributed by atoms with Crippen LogP contribution in [0.4, 0.5) is 10.1 Å². The number of fused-ring (bicyclic) bond motifs is 1. The maximum Gasteiger partial charge on any atom is 0.125 e. The molecule has 1 aromatic rings. The van der Waals surface area contributed by atoms with Crippen molar-refractivity contribution in [2.75, 3.05) is 11.9 Å². The minimum absolute atomic E-state index is 0.176. The van der Waals surface area contributed by atoms with Gasteiger partial charge < -0.3 is 11.1 Å². The second kappa shape index (κ2) is 3.96. The Labute approximate surface area is 83.3 Å². The Kier molecular flexibility index (Phi) is 2.68. The van der Waals surface area contributed by atoms with Gasteiger partial charge >= 0.3 is 0 Å². The summed E-state index contributed by atoms with van der Waals surface area (Å²) in [6.07, 6.45) is 3.07. The minimum Gasteiger partial charge on any atom is -0.382 e. The minimum atomic E-state index is -0.176. The fraction of sp³-hybridized carbons (Fsp3) is 0.455. The average Bonchev–Trinajstić information content (AvgIpc) is 2.17. The molecule has 1 aromatic carbocycles. The van der Waals surface area contributed by atoms with Gasteiger partial charge in [0.15, 0.2) is 0 Å². The molecule has 1 aliphatic heterocycles. The number of halogens is 1. The van der Waals surface area contributed by atoms with Gasteiger partial charge in [-0.25, -0.2) is 4.39 Å². The normalized spacial score (nSPS) is 20.0. The van der Waals surface area contributed by atoms with Crippen molar-refractivity contribution in [1.29, 1.82) is 0 Å². The van der Waals surface area contributed by atoms with Crippen molar-refractivity contribution < 1.29 is 4.39 Å². The van der Waals surface area contributed by atoms with Gasteiger partial charge in [0.05, 0.1) is 0 Å². The number of anilines is 1. The van der Waals surface area contributed by atoms with E-state index in [0.717, 1.165) is 24.9 Å². The van der Waals surface area contributed by atoms with Crippen LogP contribution in [0.25, 0.3) is 0 Å². The van der Waals surface area contributed by atoms with E-state index in [1.165, 1.54) is 11.6 Å².